The summed E-state index contributed by atoms with van der Waals surface area (Å²) in [6, 6.07) is 6.86. The van der Waals surface area contributed by atoms with Crippen LogP contribution in [0.5, 0.6) is 0 Å². The highest BCUT2D eigenvalue weighted by molar-refractivity contribution is 5.40. The number of hydrogen-bond donors (Lipinski definition) is 0. The summed E-state index contributed by atoms with van der Waals surface area (Å²) in [6.45, 7) is 9.62. The number of anilines is 1. The van der Waals surface area contributed by atoms with Gasteiger partial charge in [-0.05, 0) is 37.5 Å². The number of hydrogen-bond acceptors (Lipinski definition) is 5. The van der Waals surface area contributed by atoms with Gasteiger partial charge in [0.2, 0.25) is 0 Å². The van der Waals surface area contributed by atoms with E-state index < -0.39 is 0 Å². The molecular formula is C20H29N5. The number of piperidine rings is 1. The van der Waals surface area contributed by atoms with Crippen molar-refractivity contribution in [1.82, 2.24) is 19.9 Å². The minimum atomic E-state index is 0.356. The van der Waals surface area contributed by atoms with Crippen LogP contribution in [0.1, 0.15) is 49.7 Å². The van der Waals surface area contributed by atoms with Gasteiger partial charge in [-0.3, -0.25) is 9.88 Å². The molecule has 0 amide bonds. The molecule has 5 nitrogen and oxygen atoms in total. The highest BCUT2D eigenvalue weighted by atomic mass is 15.2. The van der Waals surface area contributed by atoms with Gasteiger partial charge < -0.3 is 4.90 Å². The third-order valence-corrected chi connectivity index (χ3v) is 5.00. The van der Waals surface area contributed by atoms with Crippen LogP contribution in [0.25, 0.3) is 0 Å². The molecule has 0 saturated carbocycles. The first-order chi connectivity index (χ1) is 12.0. The Morgan fingerprint density at radius 1 is 1.16 bits per heavy atom. The fraction of sp³-hybridized carbons (Fsp3) is 0.550. The predicted octanol–water partition coefficient (Wildman–Crippen LogP) is 3.40. The van der Waals surface area contributed by atoms with Crippen molar-refractivity contribution < 1.29 is 0 Å². The number of pyridine rings is 1. The van der Waals surface area contributed by atoms with Crippen molar-refractivity contribution in [3.05, 3.63) is 47.7 Å². The monoisotopic (exact) mass is 339 g/mol. The van der Waals surface area contributed by atoms with Crippen LogP contribution in [0.2, 0.25) is 0 Å². The molecule has 0 N–H and O–H groups in total. The smallest absolute Gasteiger partial charge is 0.133 e. The summed E-state index contributed by atoms with van der Waals surface area (Å²) in [5.41, 5.74) is 2.39. The lowest BCUT2D eigenvalue weighted by Gasteiger charge is -2.37. The number of likely N-dealkylation sites (tertiary alicyclic amines) is 1. The minimum absolute atomic E-state index is 0.356. The summed E-state index contributed by atoms with van der Waals surface area (Å²) >= 11 is 0. The van der Waals surface area contributed by atoms with Gasteiger partial charge in [0.25, 0.3) is 0 Å². The van der Waals surface area contributed by atoms with Crippen molar-refractivity contribution in [1.29, 1.82) is 0 Å². The summed E-state index contributed by atoms with van der Waals surface area (Å²) in [5.74, 6) is 2.36. The Morgan fingerprint density at radius 3 is 2.48 bits per heavy atom. The molecule has 1 saturated heterocycles. The molecule has 2 aromatic rings. The van der Waals surface area contributed by atoms with Crippen LogP contribution >= 0.6 is 0 Å². The van der Waals surface area contributed by atoms with Crippen molar-refractivity contribution in [3.8, 4) is 0 Å². The Balaban J connectivity index is 1.61. The highest BCUT2D eigenvalue weighted by Crippen LogP contribution is 2.23. The van der Waals surface area contributed by atoms with Crippen molar-refractivity contribution in [3.63, 3.8) is 0 Å². The van der Waals surface area contributed by atoms with Gasteiger partial charge in [-0.15, -0.1) is 0 Å². The maximum absolute atomic E-state index is 4.79. The average Bonchev–Trinajstić information content (AvgIpc) is 2.62. The SMILES string of the molecule is Cc1cc(N(C)C2CCN(Cc3ccncc3)CC2)nc(C(C)C)n1. The molecule has 25 heavy (non-hydrogen) atoms. The van der Waals surface area contributed by atoms with Crippen molar-refractivity contribution >= 4 is 5.82 Å². The molecule has 0 radical (unpaired) electrons. The molecule has 0 aromatic carbocycles. The Hall–Kier alpha value is -2.01. The molecule has 1 aliphatic rings. The first-order valence-corrected chi connectivity index (χ1v) is 9.22. The van der Waals surface area contributed by atoms with E-state index >= 15 is 0 Å². The van der Waals surface area contributed by atoms with Crippen LogP contribution in [-0.4, -0.2) is 46.0 Å². The zero-order chi connectivity index (χ0) is 17.8. The Kier molecular flexibility index (Phi) is 5.63. The molecule has 3 heterocycles. The quantitative estimate of drug-likeness (QED) is 0.835. The summed E-state index contributed by atoms with van der Waals surface area (Å²) in [7, 11) is 2.18. The van der Waals surface area contributed by atoms with E-state index in [9.17, 15) is 0 Å². The van der Waals surface area contributed by atoms with Gasteiger partial charge in [0, 0.05) is 62.8 Å². The molecule has 134 valence electrons. The second-order valence-corrected chi connectivity index (χ2v) is 7.35. The highest BCUT2D eigenvalue weighted by Gasteiger charge is 2.24. The molecule has 2 aromatic heterocycles. The lowest BCUT2D eigenvalue weighted by Crippen LogP contribution is -2.43. The van der Waals surface area contributed by atoms with Crippen LogP contribution in [0.15, 0.2) is 30.6 Å². The third-order valence-electron chi connectivity index (χ3n) is 5.00. The number of rotatable bonds is 5. The van der Waals surface area contributed by atoms with Gasteiger partial charge in [-0.2, -0.15) is 0 Å². The van der Waals surface area contributed by atoms with Crippen molar-refractivity contribution in [2.24, 2.45) is 0 Å². The molecule has 1 fully saturated rings. The molecule has 1 aliphatic heterocycles. The number of aryl methyl sites for hydroxylation is 1. The van der Waals surface area contributed by atoms with Gasteiger partial charge in [0.15, 0.2) is 0 Å². The second-order valence-electron chi connectivity index (χ2n) is 7.35. The zero-order valence-corrected chi connectivity index (χ0v) is 15.8. The maximum atomic E-state index is 4.79. The molecule has 0 aliphatic carbocycles. The Labute approximate surface area is 151 Å². The van der Waals surface area contributed by atoms with E-state index in [4.69, 9.17) is 4.98 Å². The lowest BCUT2D eigenvalue weighted by molar-refractivity contribution is 0.203. The van der Waals surface area contributed by atoms with Gasteiger partial charge >= 0.3 is 0 Å². The van der Waals surface area contributed by atoms with Crippen molar-refractivity contribution in [2.75, 3.05) is 25.0 Å². The summed E-state index contributed by atoms with van der Waals surface area (Å²) in [5, 5.41) is 0. The minimum Gasteiger partial charge on any atom is -0.356 e. The van der Waals surface area contributed by atoms with Gasteiger partial charge in [0.05, 0.1) is 0 Å². The Morgan fingerprint density at radius 2 is 1.84 bits per heavy atom. The van der Waals surface area contributed by atoms with E-state index in [1.54, 1.807) is 0 Å². The van der Waals surface area contributed by atoms with Crippen LogP contribution < -0.4 is 4.90 Å². The maximum Gasteiger partial charge on any atom is 0.133 e. The van der Waals surface area contributed by atoms with Gasteiger partial charge in [-0.1, -0.05) is 13.8 Å². The van der Waals surface area contributed by atoms with Gasteiger partial charge in [-0.25, -0.2) is 9.97 Å². The normalized spacial score (nSPS) is 16.4. The summed E-state index contributed by atoms with van der Waals surface area (Å²) < 4.78 is 0. The number of aromatic nitrogens is 3. The fourth-order valence-electron chi connectivity index (χ4n) is 3.41. The molecule has 0 atom stereocenters. The van der Waals surface area contributed by atoms with E-state index in [0.717, 1.165) is 37.0 Å². The van der Waals surface area contributed by atoms with Crippen LogP contribution in [0, 0.1) is 6.92 Å². The second kappa shape index (κ2) is 7.91. The first kappa shape index (κ1) is 17.8. The van der Waals surface area contributed by atoms with Gasteiger partial charge in [0.1, 0.15) is 11.6 Å². The predicted molar refractivity (Wildman–Crippen MR) is 102 cm³/mol. The summed E-state index contributed by atoms with van der Waals surface area (Å²) in [6.07, 6.45) is 6.09. The lowest BCUT2D eigenvalue weighted by atomic mass is 10.0. The molecule has 5 heteroatoms. The average molecular weight is 339 g/mol. The summed E-state index contributed by atoms with van der Waals surface area (Å²) in [4.78, 5) is 18.3. The molecule has 0 bridgehead atoms. The topological polar surface area (TPSA) is 45.2 Å². The molecule has 3 rings (SSSR count). The van der Waals surface area contributed by atoms with Crippen molar-refractivity contribution in [2.45, 2.75) is 52.1 Å². The molecule has 0 unspecified atom stereocenters. The van der Waals surface area contributed by atoms with Crippen LogP contribution in [0.4, 0.5) is 5.82 Å². The Bertz CT molecular complexity index is 678. The largest absolute Gasteiger partial charge is 0.356 e. The van der Waals surface area contributed by atoms with E-state index in [1.165, 1.54) is 18.4 Å². The number of nitrogens with zero attached hydrogens (tertiary/aromatic N) is 5. The zero-order valence-electron chi connectivity index (χ0n) is 15.8. The van der Waals surface area contributed by atoms with E-state index in [-0.39, 0.29) is 0 Å². The van der Waals surface area contributed by atoms with Crippen LogP contribution in [-0.2, 0) is 6.54 Å². The standard InChI is InChI=1S/C20H29N5/c1-15(2)20-22-16(3)13-19(23-20)24(4)18-7-11-25(12-8-18)14-17-5-9-21-10-6-17/h5-6,9-10,13,15,18H,7-8,11-12,14H2,1-4H3. The van der Waals surface area contributed by atoms with E-state index in [2.05, 4.69) is 65.8 Å². The van der Waals surface area contributed by atoms with Crippen LogP contribution in [0.3, 0.4) is 0 Å². The van der Waals surface area contributed by atoms with E-state index in [0.29, 0.717) is 12.0 Å². The fourth-order valence-corrected chi connectivity index (χ4v) is 3.41. The molecular weight excluding hydrogens is 310 g/mol. The first-order valence-electron chi connectivity index (χ1n) is 9.22. The molecule has 0 spiro atoms. The third kappa shape index (κ3) is 4.54. The van der Waals surface area contributed by atoms with E-state index in [1.807, 2.05) is 12.4 Å².